The number of aromatic nitrogens is 1. The predicted molar refractivity (Wildman–Crippen MR) is 91.0 cm³/mol. The van der Waals surface area contributed by atoms with Gasteiger partial charge in [-0.15, -0.1) is 0 Å². The van der Waals surface area contributed by atoms with Gasteiger partial charge in [-0.2, -0.15) is 0 Å². The molecule has 0 unspecified atom stereocenters. The molecule has 0 spiro atoms. The number of pyridine rings is 1. The lowest BCUT2D eigenvalue weighted by atomic mass is 10.1. The molecule has 6 nitrogen and oxygen atoms in total. The summed E-state index contributed by atoms with van der Waals surface area (Å²) >= 11 is 5.95. The molecule has 3 rings (SSSR count). The number of hydrogen-bond acceptors (Lipinski definition) is 4. The molecular formula is C16H11ClN2O4S. The van der Waals surface area contributed by atoms with E-state index in [1.807, 2.05) is 0 Å². The van der Waals surface area contributed by atoms with Gasteiger partial charge in [0.15, 0.2) is 0 Å². The van der Waals surface area contributed by atoms with Crippen molar-refractivity contribution in [1.82, 2.24) is 4.98 Å². The van der Waals surface area contributed by atoms with Crippen LogP contribution in [0.1, 0.15) is 10.4 Å². The number of hydrogen-bond donors (Lipinski definition) is 2. The fourth-order valence-electron chi connectivity index (χ4n) is 2.25. The summed E-state index contributed by atoms with van der Waals surface area (Å²) in [7, 11) is -4.06. The van der Waals surface area contributed by atoms with Gasteiger partial charge < -0.3 is 5.11 Å². The van der Waals surface area contributed by atoms with Gasteiger partial charge in [0.25, 0.3) is 10.0 Å². The van der Waals surface area contributed by atoms with Gasteiger partial charge >= 0.3 is 5.97 Å². The molecule has 122 valence electrons. The van der Waals surface area contributed by atoms with E-state index in [4.69, 9.17) is 16.7 Å². The number of halogens is 1. The predicted octanol–water partition coefficient (Wildman–Crippen LogP) is 3.39. The number of rotatable bonds is 4. The standard InChI is InChI=1S/C16H11ClN2O4S/c17-13-5-4-10(16(20)21)8-15(13)24(22,23)19-14-3-1-2-11-9-18-7-6-12(11)14/h1-9,19H,(H,20,21). The molecule has 0 atom stereocenters. The highest BCUT2D eigenvalue weighted by Gasteiger charge is 2.21. The third-order valence-electron chi connectivity index (χ3n) is 3.39. The summed E-state index contributed by atoms with van der Waals surface area (Å²) in [6.45, 7) is 0. The molecule has 0 aliphatic heterocycles. The Balaban J connectivity index is 2.09. The number of sulfonamides is 1. The van der Waals surface area contributed by atoms with Crippen LogP contribution in [-0.2, 0) is 10.0 Å². The lowest BCUT2D eigenvalue weighted by Gasteiger charge is -2.12. The first-order valence-electron chi connectivity index (χ1n) is 6.77. The van der Waals surface area contributed by atoms with Crippen molar-refractivity contribution in [2.75, 3.05) is 4.72 Å². The fourth-order valence-corrected chi connectivity index (χ4v) is 3.86. The maximum Gasteiger partial charge on any atom is 0.335 e. The number of nitrogens with one attached hydrogen (secondary N) is 1. The average Bonchev–Trinajstić information content (AvgIpc) is 2.55. The molecule has 1 aromatic heterocycles. The Morgan fingerprint density at radius 2 is 1.96 bits per heavy atom. The SMILES string of the molecule is O=C(O)c1ccc(Cl)c(S(=O)(=O)Nc2cccc3cnccc23)c1. The number of carboxylic acid groups (broad SMARTS) is 1. The van der Waals surface area contributed by atoms with Crippen LogP contribution in [-0.4, -0.2) is 24.5 Å². The van der Waals surface area contributed by atoms with Gasteiger partial charge in [0, 0.05) is 23.2 Å². The van der Waals surface area contributed by atoms with E-state index in [-0.39, 0.29) is 15.5 Å². The zero-order valence-corrected chi connectivity index (χ0v) is 13.7. The summed E-state index contributed by atoms with van der Waals surface area (Å²) in [5.74, 6) is -1.24. The zero-order chi connectivity index (χ0) is 17.3. The molecule has 8 heteroatoms. The normalized spacial score (nSPS) is 11.4. The Labute approximate surface area is 142 Å². The van der Waals surface area contributed by atoms with Gasteiger partial charge in [-0.25, -0.2) is 13.2 Å². The molecule has 2 N–H and O–H groups in total. The van der Waals surface area contributed by atoms with Crippen LogP contribution in [0.15, 0.2) is 59.8 Å². The molecule has 0 bridgehead atoms. The molecule has 0 aliphatic rings. The Kier molecular flexibility index (Phi) is 4.13. The minimum Gasteiger partial charge on any atom is -0.478 e. The topological polar surface area (TPSA) is 96.4 Å². The maximum absolute atomic E-state index is 12.6. The molecule has 0 amide bonds. The van der Waals surface area contributed by atoms with Crippen molar-refractivity contribution < 1.29 is 18.3 Å². The number of carboxylic acids is 1. The van der Waals surface area contributed by atoms with E-state index in [2.05, 4.69) is 9.71 Å². The molecule has 0 aliphatic carbocycles. The molecule has 0 saturated carbocycles. The van der Waals surface area contributed by atoms with Gasteiger partial charge in [-0.3, -0.25) is 9.71 Å². The number of anilines is 1. The van der Waals surface area contributed by atoms with Crippen LogP contribution in [0.3, 0.4) is 0 Å². The number of carbonyl (C=O) groups is 1. The van der Waals surface area contributed by atoms with Crippen LogP contribution in [0.5, 0.6) is 0 Å². The molecule has 24 heavy (non-hydrogen) atoms. The third kappa shape index (κ3) is 3.04. The number of nitrogens with zero attached hydrogens (tertiary/aromatic N) is 1. The smallest absolute Gasteiger partial charge is 0.335 e. The second-order valence-electron chi connectivity index (χ2n) is 4.96. The van der Waals surface area contributed by atoms with E-state index in [0.717, 1.165) is 11.5 Å². The van der Waals surface area contributed by atoms with Crippen molar-refractivity contribution in [3.63, 3.8) is 0 Å². The molecule has 1 heterocycles. The molecule has 0 saturated heterocycles. The van der Waals surface area contributed by atoms with Crippen molar-refractivity contribution in [1.29, 1.82) is 0 Å². The summed E-state index contributed by atoms with van der Waals surface area (Å²) in [6, 6.07) is 10.3. The van der Waals surface area contributed by atoms with Crippen LogP contribution < -0.4 is 4.72 Å². The van der Waals surface area contributed by atoms with E-state index >= 15 is 0 Å². The summed E-state index contributed by atoms with van der Waals surface area (Å²) in [6.07, 6.45) is 3.17. The first-order chi connectivity index (χ1) is 11.4. The van der Waals surface area contributed by atoms with Crippen LogP contribution >= 0.6 is 11.6 Å². The van der Waals surface area contributed by atoms with Crippen molar-refractivity contribution in [3.8, 4) is 0 Å². The van der Waals surface area contributed by atoms with Crippen molar-refractivity contribution >= 4 is 44.1 Å². The minimum atomic E-state index is -4.06. The van der Waals surface area contributed by atoms with Crippen LogP contribution in [0.25, 0.3) is 10.8 Å². The van der Waals surface area contributed by atoms with E-state index in [0.29, 0.717) is 11.1 Å². The molecule has 0 fully saturated rings. The van der Waals surface area contributed by atoms with Crippen molar-refractivity contribution in [2.45, 2.75) is 4.90 Å². The number of benzene rings is 2. The Morgan fingerprint density at radius 1 is 1.17 bits per heavy atom. The average molecular weight is 363 g/mol. The minimum absolute atomic E-state index is 0.0607. The molecule has 0 radical (unpaired) electrons. The Morgan fingerprint density at radius 3 is 2.71 bits per heavy atom. The van der Waals surface area contributed by atoms with Crippen molar-refractivity contribution in [3.05, 3.63) is 65.4 Å². The zero-order valence-electron chi connectivity index (χ0n) is 12.1. The summed E-state index contributed by atoms with van der Waals surface area (Å²) in [5.41, 5.74) is 0.189. The molecule has 2 aromatic carbocycles. The van der Waals surface area contributed by atoms with E-state index < -0.39 is 16.0 Å². The van der Waals surface area contributed by atoms with Gasteiger partial charge in [0.2, 0.25) is 0 Å². The van der Waals surface area contributed by atoms with Crippen molar-refractivity contribution in [2.24, 2.45) is 0 Å². The largest absolute Gasteiger partial charge is 0.478 e. The Bertz CT molecular complexity index is 1050. The number of fused-ring (bicyclic) bond motifs is 1. The fraction of sp³-hybridized carbons (Fsp3) is 0. The Hall–Kier alpha value is -2.64. The number of aromatic carboxylic acids is 1. The van der Waals surface area contributed by atoms with Crippen LogP contribution in [0.2, 0.25) is 5.02 Å². The maximum atomic E-state index is 12.6. The molecule has 3 aromatic rings. The van der Waals surface area contributed by atoms with Crippen LogP contribution in [0, 0.1) is 0 Å². The van der Waals surface area contributed by atoms with E-state index in [1.165, 1.54) is 12.1 Å². The molecular weight excluding hydrogens is 352 g/mol. The lowest BCUT2D eigenvalue weighted by molar-refractivity contribution is 0.0696. The van der Waals surface area contributed by atoms with E-state index in [1.54, 1.807) is 36.7 Å². The highest BCUT2D eigenvalue weighted by Crippen LogP contribution is 2.28. The highest BCUT2D eigenvalue weighted by atomic mass is 35.5. The second-order valence-corrected chi connectivity index (χ2v) is 7.02. The monoisotopic (exact) mass is 362 g/mol. The lowest BCUT2D eigenvalue weighted by Crippen LogP contribution is -2.14. The third-order valence-corrected chi connectivity index (χ3v) is 5.24. The van der Waals surface area contributed by atoms with Gasteiger partial charge in [0.1, 0.15) is 4.90 Å². The van der Waals surface area contributed by atoms with Crippen LogP contribution in [0.4, 0.5) is 5.69 Å². The van der Waals surface area contributed by atoms with Gasteiger partial charge in [-0.1, -0.05) is 23.7 Å². The summed E-state index contributed by atoms with van der Waals surface area (Å²) in [4.78, 5) is 14.8. The first kappa shape index (κ1) is 16.2. The highest BCUT2D eigenvalue weighted by molar-refractivity contribution is 7.92. The summed E-state index contributed by atoms with van der Waals surface area (Å²) in [5, 5.41) is 10.4. The van der Waals surface area contributed by atoms with Gasteiger partial charge in [-0.05, 0) is 30.3 Å². The van der Waals surface area contributed by atoms with E-state index in [9.17, 15) is 13.2 Å². The summed E-state index contributed by atoms with van der Waals surface area (Å²) < 4.78 is 27.7. The quantitative estimate of drug-likeness (QED) is 0.741. The second kappa shape index (κ2) is 6.10. The van der Waals surface area contributed by atoms with Gasteiger partial charge in [0.05, 0.1) is 16.3 Å². The first-order valence-corrected chi connectivity index (χ1v) is 8.63.